The number of aryl methyl sites for hydroxylation is 1. The zero-order valence-corrected chi connectivity index (χ0v) is 34.8. The van der Waals surface area contributed by atoms with Gasteiger partial charge in [-0.1, -0.05) is 114 Å². The summed E-state index contributed by atoms with van der Waals surface area (Å²) >= 11 is 0. The molecular formula is C45H73N4O7+. The van der Waals surface area contributed by atoms with Crippen molar-refractivity contribution in [3.8, 4) is 16.9 Å². The molecule has 1 atom stereocenters. The van der Waals surface area contributed by atoms with Gasteiger partial charge < -0.3 is 35.8 Å². The summed E-state index contributed by atoms with van der Waals surface area (Å²) in [6.07, 6.45) is 19.9. The van der Waals surface area contributed by atoms with Crippen LogP contribution >= 0.6 is 0 Å². The number of carbonyl (C=O) groups excluding carboxylic acids is 2. The number of carboxylic acids is 2. The lowest BCUT2D eigenvalue weighted by atomic mass is 9.96. The fourth-order valence-electron chi connectivity index (χ4n) is 6.83. The molecule has 0 spiro atoms. The molecular weight excluding hydrogens is 709 g/mol. The van der Waals surface area contributed by atoms with Crippen LogP contribution in [0.5, 0.6) is 5.75 Å². The first kappa shape index (κ1) is 48.2. The SMILES string of the molecule is CCc1cc(OCCCCNC(=O)C[N+](C)(C)CCNC(=O)CCCCCCCCCCCCCCCCC(=O)O)ccc1-c1ccc(CC(N)C(=O)O)cc1. The molecule has 0 aromatic heterocycles. The molecule has 2 aromatic carbocycles. The van der Waals surface area contributed by atoms with E-state index in [0.717, 1.165) is 73.8 Å². The Bertz CT molecular complexity index is 1430. The van der Waals surface area contributed by atoms with E-state index in [1.807, 2.05) is 44.4 Å². The van der Waals surface area contributed by atoms with E-state index in [0.29, 0.717) is 56.5 Å². The number of hydrogen-bond donors (Lipinski definition) is 5. The van der Waals surface area contributed by atoms with Crippen molar-refractivity contribution in [1.82, 2.24) is 10.6 Å². The molecule has 0 bridgehead atoms. The van der Waals surface area contributed by atoms with Crippen LogP contribution in [0.15, 0.2) is 42.5 Å². The third-order valence-electron chi connectivity index (χ3n) is 10.3. The average Bonchev–Trinajstić information content (AvgIpc) is 3.15. The van der Waals surface area contributed by atoms with Gasteiger partial charge in [-0.05, 0) is 72.9 Å². The first-order valence-electron chi connectivity index (χ1n) is 21.3. The van der Waals surface area contributed by atoms with Gasteiger partial charge in [-0.2, -0.15) is 0 Å². The van der Waals surface area contributed by atoms with E-state index < -0.39 is 18.0 Å². The summed E-state index contributed by atoms with van der Waals surface area (Å²) in [5.41, 5.74) is 9.91. The normalized spacial score (nSPS) is 11.9. The molecule has 2 aromatic rings. The predicted octanol–water partition coefficient (Wildman–Crippen LogP) is 7.66. The summed E-state index contributed by atoms with van der Waals surface area (Å²) in [5.74, 6) is -0.784. The molecule has 11 nitrogen and oxygen atoms in total. The van der Waals surface area contributed by atoms with Crippen molar-refractivity contribution in [1.29, 1.82) is 0 Å². The molecule has 314 valence electrons. The summed E-state index contributed by atoms with van der Waals surface area (Å²) in [5, 5.41) is 23.8. The number of carboxylic acid groups (broad SMARTS) is 2. The molecule has 56 heavy (non-hydrogen) atoms. The number of likely N-dealkylation sites (N-methyl/N-ethyl adjacent to an activating group) is 1. The molecule has 0 radical (unpaired) electrons. The number of rotatable bonds is 33. The lowest BCUT2D eigenvalue weighted by Crippen LogP contribution is -2.50. The maximum absolute atomic E-state index is 12.6. The number of amides is 2. The largest absolute Gasteiger partial charge is 0.494 e. The molecule has 2 rings (SSSR count). The molecule has 0 aliphatic rings. The zero-order chi connectivity index (χ0) is 41.0. The number of unbranched alkanes of at least 4 members (excludes halogenated alkanes) is 14. The van der Waals surface area contributed by atoms with Gasteiger partial charge >= 0.3 is 11.9 Å². The zero-order valence-electron chi connectivity index (χ0n) is 34.8. The molecule has 0 fully saturated rings. The van der Waals surface area contributed by atoms with Crippen LogP contribution in [-0.2, 0) is 32.0 Å². The quantitative estimate of drug-likeness (QED) is 0.0363. The fraction of sp³-hybridized carbons (Fsp3) is 0.644. The summed E-state index contributed by atoms with van der Waals surface area (Å²) in [7, 11) is 4.02. The highest BCUT2D eigenvalue weighted by atomic mass is 16.5. The Labute approximate surface area is 336 Å². The van der Waals surface area contributed by atoms with Gasteiger partial charge in [-0.3, -0.25) is 19.2 Å². The van der Waals surface area contributed by atoms with Crippen molar-refractivity contribution < 1.29 is 38.6 Å². The Hall–Kier alpha value is -3.96. The second-order valence-electron chi connectivity index (χ2n) is 15.9. The number of hydrogen-bond acceptors (Lipinski definition) is 6. The predicted molar refractivity (Wildman–Crippen MR) is 225 cm³/mol. The standard InChI is InChI=1S/C45H72N4O7/c1-4-37-34-39(27-28-40(37)38-25-23-36(24-26-38)33-41(46)45(54)55)56-32-20-19-29-47-43(51)35-49(2,3)31-30-48-42(50)21-17-15-13-11-9-7-5-6-8-10-12-14-16-18-22-44(52)53/h23-28,34,41H,4-22,29-33,35,46H2,1-3H3,(H3-,47,48,50,51,52,53,54,55)/p+1. The highest BCUT2D eigenvalue weighted by Gasteiger charge is 2.20. The molecule has 0 aliphatic heterocycles. The smallest absolute Gasteiger partial charge is 0.320 e. The van der Waals surface area contributed by atoms with Crippen LogP contribution in [0.3, 0.4) is 0 Å². The number of quaternary nitrogens is 1. The highest BCUT2D eigenvalue weighted by Crippen LogP contribution is 2.28. The second-order valence-corrected chi connectivity index (χ2v) is 15.9. The Morgan fingerprint density at radius 3 is 1.80 bits per heavy atom. The van der Waals surface area contributed by atoms with Crippen molar-refractivity contribution in [2.75, 3.05) is 46.9 Å². The summed E-state index contributed by atoms with van der Waals surface area (Å²) in [4.78, 5) is 46.5. The van der Waals surface area contributed by atoms with Crippen LogP contribution in [0.25, 0.3) is 11.1 Å². The lowest BCUT2D eigenvalue weighted by molar-refractivity contribution is -0.881. The number of nitrogens with one attached hydrogen (secondary N) is 2. The number of aliphatic carboxylic acids is 2. The number of benzene rings is 2. The van der Waals surface area contributed by atoms with Crippen LogP contribution in [0, 0.1) is 0 Å². The van der Waals surface area contributed by atoms with E-state index in [4.69, 9.17) is 20.7 Å². The molecule has 11 heteroatoms. The van der Waals surface area contributed by atoms with Crippen LogP contribution in [0.4, 0.5) is 0 Å². The molecule has 6 N–H and O–H groups in total. The topological polar surface area (TPSA) is 168 Å². The summed E-state index contributed by atoms with van der Waals surface area (Å²) in [6.45, 7) is 4.85. The van der Waals surface area contributed by atoms with Crippen molar-refractivity contribution in [2.24, 2.45) is 5.73 Å². The molecule has 0 heterocycles. The minimum atomic E-state index is -1.00. The Morgan fingerprint density at radius 2 is 1.25 bits per heavy atom. The third-order valence-corrected chi connectivity index (χ3v) is 10.3. The van der Waals surface area contributed by atoms with Crippen LogP contribution in [-0.4, -0.2) is 91.4 Å². The summed E-state index contributed by atoms with van der Waals surface area (Å²) < 4.78 is 6.53. The maximum Gasteiger partial charge on any atom is 0.320 e. The Morgan fingerprint density at radius 1 is 0.696 bits per heavy atom. The monoisotopic (exact) mass is 782 g/mol. The number of ether oxygens (including phenoxy) is 1. The van der Waals surface area contributed by atoms with Gasteiger partial charge in [0.15, 0.2) is 6.54 Å². The van der Waals surface area contributed by atoms with Crippen molar-refractivity contribution in [3.05, 3.63) is 53.6 Å². The van der Waals surface area contributed by atoms with Crippen molar-refractivity contribution in [3.63, 3.8) is 0 Å². The fourth-order valence-corrected chi connectivity index (χ4v) is 6.83. The van der Waals surface area contributed by atoms with E-state index in [-0.39, 0.29) is 11.8 Å². The van der Waals surface area contributed by atoms with E-state index in [9.17, 15) is 19.2 Å². The number of nitrogens with zero attached hydrogens (tertiary/aromatic N) is 1. The van der Waals surface area contributed by atoms with E-state index in [1.54, 1.807) is 0 Å². The van der Waals surface area contributed by atoms with E-state index in [1.165, 1.54) is 63.4 Å². The van der Waals surface area contributed by atoms with E-state index >= 15 is 0 Å². The van der Waals surface area contributed by atoms with E-state index in [2.05, 4.69) is 29.7 Å². The lowest BCUT2D eigenvalue weighted by Gasteiger charge is -2.29. The molecule has 1 unspecified atom stereocenters. The van der Waals surface area contributed by atoms with Gasteiger partial charge in [0.25, 0.3) is 5.91 Å². The van der Waals surface area contributed by atoms with Gasteiger partial charge in [-0.15, -0.1) is 0 Å². The second kappa shape index (κ2) is 28.4. The maximum atomic E-state index is 12.6. The van der Waals surface area contributed by atoms with Gasteiger partial charge in [0, 0.05) is 19.4 Å². The number of nitrogens with two attached hydrogens (primary N) is 1. The summed E-state index contributed by atoms with van der Waals surface area (Å²) in [6, 6.07) is 13.1. The van der Waals surface area contributed by atoms with Gasteiger partial charge in [0.1, 0.15) is 11.8 Å². The van der Waals surface area contributed by atoms with Gasteiger partial charge in [0.2, 0.25) is 5.91 Å². The van der Waals surface area contributed by atoms with Crippen molar-refractivity contribution >= 4 is 23.8 Å². The Kier molecular flexibility index (Phi) is 24.5. The van der Waals surface area contributed by atoms with Gasteiger partial charge in [-0.25, -0.2) is 0 Å². The van der Waals surface area contributed by atoms with Crippen LogP contribution in [0.1, 0.15) is 134 Å². The third kappa shape index (κ3) is 22.6. The van der Waals surface area contributed by atoms with Crippen LogP contribution < -0.4 is 21.1 Å². The van der Waals surface area contributed by atoms with Crippen LogP contribution in [0.2, 0.25) is 0 Å². The Balaban J connectivity index is 1.48. The molecule has 0 saturated heterocycles. The molecule has 0 aliphatic carbocycles. The highest BCUT2D eigenvalue weighted by molar-refractivity contribution is 5.77. The minimum Gasteiger partial charge on any atom is -0.494 e. The number of carbonyl (C=O) groups is 4. The first-order chi connectivity index (χ1) is 26.9. The molecule has 0 saturated carbocycles. The van der Waals surface area contributed by atoms with Crippen molar-refractivity contribution in [2.45, 2.75) is 141 Å². The minimum absolute atomic E-state index is 0.00455. The van der Waals surface area contributed by atoms with Gasteiger partial charge in [0.05, 0.1) is 33.8 Å². The molecule has 2 amide bonds. The first-order valence-corrected chi connectivity index (χ1v) is 21.3. The average molecular weight is 782 g/mol.